The van der Waals surface area contributed by atoms with Crippen LogP contribution in [0.4, 0.5) is 0 Å². The molecule has 0 unspecified atom stereocenters. The third kappa shape index (κ3) is 2.74. The number of hydrogen-bond donors (Lipinski definition) is 1. The lowest BCUT2D eigenvalue weighted by Gasteiger charge is -2.09. The minimum absolute atomic E-state index is 0.579. The average molecular weight is 241 g/mol. The molecule has 0 saturated carbocycles. The zero-order valence-corrected chi connectivity index (χ0v) is 11.2. The molecular weight excluding hydrogens is 222 g/mol. The Labute approximate surface area is 108 Å². The smallest absolute Gasteiger partial charge is 0.130 e. The molecule has 0 atom stereocenters. The second-order valence-electron chi connectivity index (χ2n) is 4.67. The summed E-state index contributed by atoms with van der Waals surface area (Å²) in [5.74, 6) is 0.827. The molecule has 18 heavy (non-hydrogen) atoms. The predicted molar refractivity (Wildman–Crippen MR) is 74.4 cm³/mol. The van der Waals surface area contributed by atoms with Crippen molar-refractivity contribution in [3.8, 4) is 11.3 Å². The van der Waals surface area contributed by atoms with Gasteiger partial charge >= 0.3 is 0 Å². The number of aromatic nitrogens is 2. The van der Waals surface area contributed by atoms with Crippen LogP contribution in [0.25, 0.3) is 11.3 Å². The molecule has 2 rings (SSSR count). The van der Waals surface area contributed by atoms with E-state index in [1.807, 2.05) is 13.0 Å². The minimum Gasteiger partial charge on any atom is -0.330 e. The first-order chi connectivity index (χ1) is 8.60. The Hall–Kier alpha value is -1.74. The molecule has 2 aromatic rings. The number of benzene rings is 1. The van der Waals surface area contributed by atoms with Gasteiger partial charge in [0.15, 0.2) is 0 Å². The standard InChI is InChI=1S/C15H19N3/c1-10-4-5-11(2)13(8-10)14-9-12(3)17-15(18-14)6-7-16/h4-5,8-9H,6-7,16H2,1-3H3. The summed E-state index contributed by atoms with van der Waals surface area (Å²) >= 11 is 0. The van der Waals surface area contributed by atoms with Crippen LogP contribution in [0.2, 0.25) is 0 Å². The van der Waals surface area contributed by atoms with Crippen LogP contribution in [0.15, 0.2) is 24.3 Å². The van der Waals surface area contributed by atoms with Crippen molar-refractivity contribution in [2.24, 2.45) is 5.73 Å². The fourth-order valence-electron chi connectivity index (χ4n) is 2.02. The summed E-state index contributed by atoms with van der Waals surface area (Å²) in [5.41, 5.74) is 11.2. The molecule has 1 aromatic heterocycles. The topological polar surface area (TPSA) is 51.8 Å². The van der Waals surface area contributed by atoms with Crippen LogP contribution in [0.5, 0.6) is 0 Å². The summed E-state index contributed by atoms with van der Waals surface area (Å²) in [7, 11) is 0. The summed E-state index contributed by atoms with van der Waals surface area (Å²) in [5, 5.41) is 0. The molecule has 0 fully saturated rings. The number of nitrogens with two attached hydrogens (primary N) is 1. The lowest BCUT2D eigenvalue weighted by atomic mass is 10.0. The van der Waals surface area contributed by atoms with Gasteiger partial charge in [0.25, 0.3) is 0 Å². The van der Waals surface area contributed by atoms with Crippen molar-refractivity contribution in [2.45, 2.75) is 27.2 Å². The number of aryl methyl sites for hydroxylation is 3. The van der Waals surface area contributed by atoms with Crippen molar-refractivity contribution in [2.75, 3.05) is 6.54 Å². The molecule has 3 nitrogen and oxygen atoms in total. The maximum absolute atomic E-state index is 5.57. The van der Waals surface area contributed by atoms with E-state index in [9.17, 15) is 0 Å². The molecule has 0 bridgehead atoms. The Balaban J connectivity index is 2.52. The fraction of sp³-hybridized carbons (Fsp3) is 0.333. The van der Waals surface area contributed by atoms with Crippen LogP contribution in [-0.2, 0) is 6.42 Å². The van der Waals surface area contributed by atoms with Gasteiger partial charge in [-0.15, -0.1) is 0 Å². The summed E-state index contributed by atoms with van der Waals surface area (Å²) in [6.07, 6.45) is 0.722. The second kappa shape index (κ2) is 5.27. The molecule has 2 N–H and O–H groups in total. The van der Waals surface area contributed by atoms with E-state index in [-0.39, 0.29) is 0 Å². The van der Waals surface area contributed by atoms with Crippen LogP contribution >= 0.6 is 0 Å². The molecule has 0 aliphatic carbocycles. The van der Waals surface area contributed by atoms with Crippen LogP contribution < -0.4 is 5.73 Å². The van der Waals surface area contributed by atoms with E-state index in [4.69, 9.17) is 5.73 Å². The molecular formula is C15H19N3. The van der Waals surface area contributed by atoms with E-state index in [2.05, 4.69) is 42.0 Å². The number of nitrogens with zero attached hydrogens (tertiary/aromatic N) is 2. The zero-order chi connectivity index (χ0) is 13.1. The van der Waals surface area contributed by atoms with Crippen molar-refractivity contribution < 1.29 is 0 Å². The highest BCUT2D eigenvalue weighted by Crippen LogP contribution is 2.23. The van der Waals surface area contributed by atoms with Crippen molar-refractivity contribution in [1.29, 1.82) is 0 Å². The zero-order valence-electron chi connectivity index (χ0n) is 11.2. The average Bonchev–Trinajstić information content (AvgIpc) is 2.32. The van der Waals surface area contributed by atoms with E-state index in [1.54, 1.807) is 0 Å². The summed E-state index contributed by atoms with van der Waals surface area (Å²) < 4.78 is 0. The Morgan fingerprint density at radius 3 is 2.56 bits per heavy atom. The Morgan fingerprint density at radius 1 is 1.06 bits per heavy atom. The molecule has 0 saturated heterocycles. The lowest BCUT2D eigenvalue weighted by molar-refractivity contribution is 0.858. The first-order valence-corrected chi connectivity index (χ1v) is 6.22. The third-order valence-corrected chi connectivity index (χ3v) is 2.94. The summed E-state index contributed by atoms with van der Waals surface area (Å²) in [6.45, 7) is 6.78. The first kappa shape index (κ1) is 12.7. The van der Waals surface area contributed by atoms with E-state index < -0.39 is 0 Å². The third-order valence-electron chi connectivity index (χ3n) is 2.94. The van der Waals surface area contributed by atoms with Crippen molar-refractivity contribution in [1.82, 2.24) is 9.97 Å². The molecule has 94 valence electrons. The molecule has 1 aromatic carbocycles. The van der Waals surface area contributed by atoms with Gasteiger partial charge in [-0.25, -0.2) is 9.97 Å². The van der Waals surface area contributed by atoms with Gasteiger partial charge in [-0.1, -0.05) is 17.7 Å². The highest BCUT2D eigenvalue weighted by Gasteiger charge is 2.07. The van der Waals surface area contributed by atoms with Gasteiger partial charge < -0.3 is 5.73 Å². The van der Waals surface area contributed by atoms with Crippen LogP contribution in [0, 0.1) is 20.8 Å². The predicted octanol–water partition coefficient (Wildman–Crippen LogP) is 2.57. The van der Waals surface area contributed by atoms with E-state index in [1.165, 1.54) is 16.7 Å². The van der Waals surface area contributed by atoms with Crippen LogP contribution in [-0.4, -0.2) is 16.5 Å². The van der Waals surface area contributed by atoms with Gasteiger partial charge in [-0.3, -0.25) is 0 Å². The first-order valence-electron chi connectivity index (χ1n) is 6.22. The molecule has 0 amide bonds. The maximum atomic E-state index is 5.57. The molecule has 1 heterocycles. The highest BCUT2D eigenvalue weighted by atomic mass is 14.9. The van der Waals surface area contributed by atoms with Gasteiger partial charge in [0.05, 0.1) is 5.69 Å². The SMILES string of the molecule is Cc1ccc(C)c(-c2cc(C)nc(CCN)n2)c1. The van der Waals surface area contributed by atoms with Gasteiger partial charge in [0.2, 0.25) is 0 Å². The molecule has 3 heteroatoms. The highest BCUT2D eigenvalue weighted by molar-refractivity contribution is 5.64. The summed E-state index contributed by atoms with van der Waals surface area (Å²) in [6, 6.07) is 8.45. The largest absolute Gasteiger partial charge is 0.330 e. The fourth-order valence-corrected chi connectivity index (χ4v) is 2.02. The van der Waals surface area contributed by atoms with Crippen molar-refractivity contribution >= 4 is 0 Å². The van der Waals surface area contributed by atoms with Crippen molar-refractivity contribution in [3.05, 3.63) is 46.9 Å². The quantitative estimate of drug-likeness (QED) is 0.898. The van der Waals surface area contributed by atoms with E-state index in [0.717, 1.165) is 23.6 Å². The molecule has 0 aliphatic heterocycles. The van der Waals surface area contributed by atoms with Gasteiger partial charge in [0, 0.05) is 17.7 Å². The van der Waals surface area contributed by atoms with Crippen LogP contribution in [0.1, 0.15) is 22.6 Å². The van der Waals surface area contributed by atoms with Gasteiger partial charge in [0.1, 0.15) is 5.82 Å². The summed E-state index contributed by atoms with van der Waals surface area (Å²) in [4.78, 5) is 9.01. The molecule has 0 radical (unpaired) electrons. The van der Waals surface area contributed by atoms with E-state index >= 15 is 0 Å². The lowest BCUT2D eigenvalue weighted by Crippen LogP contribution is -2.08. The second-order valence-corrected chi connectivity index (χ2v) is 4.67. The van der Waals surface area contributed by atoms with Crippen molar-refractivity contribution in [3.63, 3.8) is 0 Å². The number of rotatable bonds is 3. The molecule has 0 aliphatic rings. The Kier molecular flexibility index (Phi) is 3.72. The Morgan fingerprint density at radius 2 is 1.83 bits per heavy atom. The van der Waals surface area contributed by atoms with Gasteiger partial charge in [-0.05, 0) is 45.0 Å². The van der Waals surface area contributed by atoms with Crippen LogP contribution in [0.3, 0.4) is 0 Å². The van der Waals surface area contributed by atoms with Gasteiger partial charge in [-0.2, -0.15) is 0 Å². The minimum atomic E-state index is 0.579. The Bertz CT molecular complexity index is 562. The molecule has 0 spiro atoms. The normalized spacial score (nSPS) is 10.7. The number of hydrogen-bond acceptors (Lipinski definition) is 3. The monoisotopic (exact) mass is 241 g/mol. The maximum Gasteiger partial charge on any atom is 0.130 e. The van der Waals surface area contributed by atoms with E-state index in [0.29, 0.717) is 6.54 Å².